The zero-order valence-corrected chi connectivity index (χ0v) is 9.80. The number of H-pyrrole nitrogens is 1. The van der Waals surface area contributed by atoms with Crippen molar-refractivity contribution in [3.8, 4) is 0 Å². The van der Waals surface area contributed by atoms with Gasteiger partial charge in [-0.2, -0.15) is 0 Å². The third-order valence-electron chi connectivity index (χ3n) is 2.17. The molecule has 0 saturated carbocycles. The molecule has 1 rings (SSSR count). The molecule has 1 aromatic heterocycles. The average Bonchev–Trinajstić information content (AvgIpc) is 2.26. The van der Waals surface area contributed by atoms with Crippen LogP contribution in [0.5, 0.6) is 0 Å². The predicted molar refractivity (Wildman–Crippen MR) is 60.7 cm³/mol. The maximum Gasteiger partial charge on any atom is 0.324 e. The third-order valence-corrected chi connectivity index (χ3v) is 3.37. The van der Waals surface area contributed by atoms with Crippen molar-refractivity contribution in [2.45, 2.75) is 17.6 Å². The van der Waals surface area contributed by atoms with E-state index in [9.17, 15) is 9.59 Å². The van der Waals surface area contributed by atoms with Crippen LogP contribution >= 0.6 is 11.8 Å². The lowest BCUT2D eigenvalue weighted by molar-refractivity contribution is -0.142. The van der Waals surface area contributed by atoms with Gasteiger partial charge in [0.05, 0.1) is 0 Å². The third kappa shape index (κ3) is 3.07. The monoisotopic (exact) mass is 243 g/mol. The molecule has 0 amide bonds. The molecule has 0 spiro atoms. The van der Waals surface area contributed by atoms with E-state index in [2.05, 4.69) is 15.3 Å². The van der Waals surface area contributed by atoms with Crippen molar-refractivity contribution in [3.05, 3.63) is 22.6 Å². The summed E-state index contributed by atoms with van der Waals surface area (Å²) in [6.45, 7) is 1.57. The number of hydrogen-bond donors (Lipinski definition) is 3. The Kier molecular flexibility index (Phi) is 4.08. The van der Waals surface area contributed by atoms with E-state index >= 15 is 0 Å². The molecule has 0 fully saturated rings. The number of carboxylic acid groups (broad SMARTS) is 1. The van der Waals surface area contributed by atoms with Gasteiger partial charge in [-0.05, 0) is 14.0 Å². The minimum Gasteiger partial charge on any atom is -0.480 e. The highest BCUT2D eigenvalue weighted by Gasteiger charge is 2.31. The summed E-state index contributed by atoms with van der Waals surface area (Å²) in [5, 5.41) is 12.1. The van der Waals surface area contributed by atoms with Gasteiger partial charge in [0, 0.05) is 18.0 Å². The van der Waals surface area contributed by atoms with Crippen LogP contribution in [0.4, 0.5) is 0 Å². The van der Waals surface area contributed by atoms with Gasteiger partial charge in [-0.25, -0.2) is 4.98 Å². The van der Waals surface area contributed by atoms with Crippen LogP contribution in [-0.2, 0) is 4.79 Å². The van der Waals surface area contributed by atoms with E-state index in [-0.39, 0.29) is 11.3 Å². The van der Waals surface area contributed by atoms with Crippen LogP contribution in [0.25, 0.3) is 0 Å². The molecule has 0 bridgehead atoms. The van der Waals surface area contributed by atoms with Gasteiger partial charge >= 0.3 is 5.97 Å². The summed E-state index contributed by atoms with van der Waals surface area (Å²) in [6, 6.07) is 1.30. The van der Waals surface area contributed by atoms with Gasteiger partial charge in [-0.1, -0.05) is 11.8 Å². The molecule has 0 aromatic carbocycles. The second kappa shape index (κ2) is 5.13. The molecule has 1 unspecified atom stereocenters. The van der Waals surface area contributed by atoms with Gasteiger partial charge in [0.2, 0.25) is 0 Å². The SMILES string of the molecule is CNC(C)(CSc1nccc(=O)[nH]1)C(=O)O. The summed E-state index contributed by atoms with van der Waals surface area (Å²) in [4.78, 5) is 28.4. The lowest BCUT2D eigenvalue weighted by Gasteiger charge is -2.22. The number of aromatic nitrogens is 2. The standard InChI is InChI=1S/C9H13N3O3S/c1-9(10-2,7(14)15)5-16-8-11-4-3-6(13)12-8/h3-4,10H,5H2,1-2H3,(H,14,15)(H,11,12,13). The fourth-order valence-corrected chi connectivity index (χ4v) is 1.88. The van der Waals surface area contributed by atoms with E-state index in [4.69, 9.17) is 5.11 Å². The normalized spacial score (nSPS) is 14.4. The van der Waals surface area contributed by atoms with Crippen LogP contribution in [0, 0.1) is 0 Å². The molecular formula is C9H13N3O3S. The first-order chi connectivity index (χ1) is 7.48. The van der Waals surface area contributed by atoms with E-state index in [0.717, 1.165) is 0 Å². The molecule has 0 aliphatic heterocycles. The zero-order chi connectivity index (χ0) is 12.2. The predicted octanol–water partition coefficient (Wildman–Crippen LogP) is -0.0753. The van der Waals surface area contributed by atoms with Crippen molar-refractivity contribution < 1.29 is 9.90 Å². The molecule has 16 heavy (non-hydrogen) atoms. The van der Waals surface area contributed by atoms with E-state index < -0.39 is 11.5 Å². The number of nitrogens with one attached hydrogen (secondary N) is 2. The number of aromatic amines is 1. The molecule has 88 valence electrons. The summed E-state index contributed by atoms with van der Waals surface area (Å²) >= 11 is 1.18. The van der Waals surface area contributed by atoms with Gasteiger partial charge < -0.3 is 15.4 Å². The summed E-state index contributed by atoms with van der Waals surface area (Å²) in [7, 11) is 1.58. The lowest BCUT2D eigenvalue weighted by Crippen LogP contribution is -2.49. The van der Waals surface area contributed by atoms with Crippen LogP contribution in [0.2, 0.25) is 0 Å². The molecule has 1 atom stereocenters. The Labute approximate surface area is 96.5 Å². The van der Waals surface area contributed by atoms with Gasteiger partial charge in [-0.15, -0.1) is 0 Å². The number of hydrogen-bond acceptors (Lipinski definition) is 5. The van der Waals surface area contributed by atoms with Gasteiger partial charge in [0.25, 0.3) is 5.56 Å². The smallest absolute Gasteiger partial charge is 0.324 e. The number of rotatable bonds is 5. The number of carbonyl (C=O) groups is 1. The van der Waals surface area contributed by atoms with Crippen LogP contribution in [0.3, 0.4) is 0 Å². The molecule has 3 N–H and O–H groups in total. The molecule has 6 nitrogen and oxygen atoms in total. The topological polar surface area (TPSA) is 95.1 Å². The van der Waals surface area contributed by atoms with Gasteiger partial charge in [0.1, 0.15) is 5.54 Å². The fourth-order valence-electron chi connectivity index (χ4n) is 0.879. The maximum absolute atomic E-state index is 11.0. The highest BCUT2D eigenvalue weighted by atomic mass is 32.2. The summed E-state index contributed by atoms with van der Waals surface area (Å²) in [6.07, 6.45) is 1.39. The Morgan fingerprint density at radius 3 is 2.94 bits per heavy atom. The first kappa shape index (κ1) is 12.7. The van der Waals surface area contributed by atoms with Crippen molar-refractivity contribution in [2.75, 3.05) is 12.8 Å². The average molecular weight is 243 g/mol. The number of thioether (sulfide) groups is 1. The number of carboxylic acids is 1. The number of aliphatic carboxylic acids is 1. The first-order valence-corrected chi connectivity index (χ1v) is 5.57. The van der Waals surface area contributed by atoms with Gasteiger partial charge in [-0.3, -0.25) is 9.59 Å². The van der Waals surface area contributed by atoms with E-state index in [1.165, 1.54) is 24.0 Å². The van der Waals surface area contributed by atoms with Crippen molar-refractivity contribution >= 4 is 17.7 Å². The molecule has 0 radical (unpaired) electrons. The second-order valence-electron chi connectivity index (χ2n) is 3.42. The Morgan fingerprint density at radius 2 is 2.44 bits per heavy atom. The molecular weight excluding hydrogens is 230 g/mol. The summed E-state index contributed by atoms with van der Waals surface area (Å²) in [5.74, 6) is -0.674. The molecule has 1 heterocycles. The van der Waals surface area contributed by atoms with Crippen LogP contribution in [0.15, 0.2) is 22.2 Å². The quantitative estimate of drug-likeness (QED) is 0.495. The van der Waals surface area contributed by atoms with Crippen molar-refractivity contribution in [1.82, 2.24) is 15.3 Å². The molecule has 0 aliphatic rings. The zero-order valence-electron chi connectivity index (χ0n) is 8.98. The van der Waals surface area contributed by atoms with Crippen LogP contribution in [-0.4, -0.2) is 39.4 Å². The summed E-state index contributed by atoms with van der Waals surface area (Å²) in [5.41, 5.74) is -1.29. The highest BCUT2D eigenvalue weighted by molar-refractivity contribution is 7.99. The van der Waals surface area contributed by atoms with Crippen molar-refractivity contribution in [3.63, 3.8) is 0 Å². The molecule has 0 saturated heterocycles. The minimum absolute atomic E-state index is 0.251. The highest BCUT2D eigenvalue weighted by Crippen LogP contribution is 2.18. The van der Waals surface area contributed by atoms with Crippen molar-refractivity contribution in [1.29, 1.82) is 0 Å². The first-order valence-electron chi connectivity index (χ1n) is 4.58. The summed E-state index contributed by atoms with van der Waals surface area (Å²) < 4.78 is 0. The largest absolute Gasteiger partial charge is 0.480 e. The van der Waals surface area contributed by atoms with Gasteiger partial charge in [0.15, 0.2) is 5.16 Å². The van der Waals surface area contributed by atoms with E-state index in [0.29, 0.717) is 5.16 Å². The lowest BCUT2D eigenvalue weighted by atomic mass is 10.1. The van der Waals surface area contributed by atoms with E-state index in [1.54, 1.807) is 14.0 Å². The second-order valence-corrected chi connectivity index (χ2v) is 4.38. The Bertz CT molecular complexity index is 434. The molecule has 0 aliphatic carbocycles. The van der Waals surface area contributed by atoms with Crippen LogP contribution in [0.1, 0.15) is 6.92 Å². The Balaban J connectivity index is 2.70. The van der Waals surface area contributed by atoms with E-state index in [1.807, 2.05) is 0 Å². The minimum atomic E-state index is -1.04. The van der Waals surface area contributed by atoms with Crippen LogP contribution < -0.4 is 10.9 Å². The number of nitrogens with zero attached hydrogens (tertiary/aromatic N) is 1. The van der Waals surface area contributed by atoms with Crippen molar-refractivity contribution in [2.24, 2.45) is 0 Å². The number of likely N-dealkylation sites (N-methyl/N-ethyl adjacent to an activating group) is 1. The maximum atomic E-state index is 11.0. The molecule has 1 aromatic rings. The Morgan fingerprint density at radius 1 is 1.75 bits per heavy atom. The fraction of sp³-hybridized carbons (Fsp3) is 0.444. The molecule has 7 heteroatoms. The Hall–Kier alpha value is -1.34.